The molecule has 0 saturated carbocycles. The molecule has 0 aromatic rings. The molecule has 0 radical (unpaired) electrons. The topological polar surface area (TPSA) is 137 Å². The fraction of sp³-hybridized carbons (Fsp3) is 0.455. The van der Waals surface area contributed by atoms with Crippen molar-refractivity contribution in [3.05, 3.63) is 28.2 Å². The zero-order valence-electron chi connectivity index (χ0n) is 11.4. The average Bonchev–Trinajstić information content (AvgIpc) is 2.22. The molecule has 19 heavy (non-hydrogen) atoms. The highest BCUT2D eigenvalue weighted by Gasteiger charge is 1.86. The van der Waals surface area contributed by atoms with Crippen LogP contribution in [0, 0.1) is 4.91 Å². The van der Waals surface area contributed by atoms with Crippen molar-refractivity contribution in [2.75, 3.05) is 0 Å². The molecule has 0 aromatic heterocycles. The van der Waals surface area contributed by atoms with Gasteiger partial charge in [0, 0.05) is 6.21 Å². The number of rotatable bonds is 5. The van der Waals surface area contributed by atoms with E-state index in [9.17, 15) is 0 Å². The average molecular weight is 272 g/mol. The lowest BCUT2D eigenvalue weighted by atomic mass is 10.1. The number of hydrogen-bond acceptors (Lipinski definition) is 3. The van der Waals surface area contributed by atoms with Gasteiger partial charge in [-0.2, -0.15) is 5.10 Å². The monoisotopic (exact) mass is 272 g/mol. The molecule has 0 aliphatic heterocycles. The van der Waals surface area contributed by atoms with E-state index in [1.807, 2.05) is 6.08 Å². The lowest BCUT2D eigenvalue weighted by Gasteiger charge is -1.95. The number of nitrogens with two attached hydrogens (primary N) is 2. The van der Waals surface area contributed by atoms with Crippen LogP contribution < -0.4 is 11.5 Å². The first-order valence-electron chi connectivity index (χ1n) is 5.51. The summed E-state index contributed by atoms with van der Waals surface area (Å²) in [7, 11) is 0. The van der Waals surface area contributed by atoms with Crippen LogP contribution in [0.15, 0.2) is 33.5 Å². The highest BCUT2D eigenvalue weighted by molar-refractivity contribution is 5.77. The van der Waals surface area contributed by atoms with Gasteiger partial charge in [0.2, 0.25) is 5.96 Å². The van der Waals surface area contributed by atoms with Gasteiger partial charge in [-0.3, -0.25) is 0 Å². The minimum atomic E-state index is -1.25. The standard InChI is InChI=1S/C11H20N4.H2NO3/c1-9(2)5-4-6-10(3)7-8-14-15-11(12)13;2-1(3)4/h5,7-8H,4,6H2,1-3H3,(H4,12,13,15);(H2,2,3,4)/q;+1/b10-7+,14-8+;. The molecule has 0 spiro atoms. The van der Waals surface area contributed by atoms with Crippen LogP contribution in [-0.2, 0) is 0 Å². The molecular formula is C11H22N5O3+. The van der Waals surface area contributed by atoms with Crippen molar-refractivity contribution in [1.29, 1.82) is 0 Å². The van der Waals surface area contributed by atoms with Gasteiger partial charge in [0.25, 0.3) is 0 Å². The number of hydrogen-bond donors (Lipinski definition) is 4. The Kier molecular flexibility index (Phi) is 12.1. The molecule has 6 N–H and O–H groups in total. The van der Waals surface area contributed by atoms with Gasteiger partial charge in [0.1, 0.15) is 4.91 Å². The Hall–Kier alpha value is -2.38. The molecule has 0 unspecified atom stereocenters. The Labute approximate surface area is 112 Å². The van der Waals surface area contributed by atoms with Crippen LogP contribution in [0.2, 0.25) is 0 Å². The van der Waals surface area contributed by atoms with E-state index in [-0.39, 0.29) is 5.96 Å². The fourth-order valence-corrected chi connectivity index (χ4v) is 0.932. The van der Waals surface area contributed by atoms with E-state index in [1.54, 1.807) is 6.21 Å². The van der Waals surface area contributed by atoms with Gasteiger partial charge in [0.05, 0.1) is 0 Å². The summed E-state index contributed by atoms with van der Waals surface area (Å²) in [5.41, 5.74) is 12.8. The summed E-state index contributed by atoms with van der Waals surface area (Å²) >= 11 is 0. The first-order chi connectivity index (χ1) is 8.75. The number of guanidine groups is 1. The summed E-state index contributed by atoms with van der Waals surface area (Å²) in [5.74, 6) is -0.0261. The summed E-state index contributed by atoms with van der Waals surface area (Å²) in [6.45, 7) is 6.25. The molecule has 0 aliphatic carbocycles. The Morgan fingerprint density at radius 3 is 2.21 bits per heavy atom. The molecule has 0 aliphatic rings. The van der Waals surface area contributed by atoms with Gasteiger partial charge in [-0.25, -0.2) is 10.4 Å². The Balaban J connectivity index is 0. The second-order valence-electron chi connectivity index (χ2n) is 3.88. The summed E-state index contributed by atoms with van der Waals surface area (Å²) < 4.78 is 0. The van der Waals surface area contributed by atoms with Crippen LogP contribution in [0.5, 0.6) is 0 Å². The second kappa shape index (κ2) is 12.1. The molecule has 0 aromatic carbocycles. The van der Waals surface area contributed by atoms with Crippen molar-refractivity contribution in [1.82, 2.24) is 0 Å². The summed E-state index contributed by atoms with van der Waals surface area (Å²) in [5, 5.41) is 19.7. The van der Waals surface area contributed by atoms with Gasteiger partial charge in [-0.15, -0.1) is 5.10 Å². The molecule has 0 saturated heterocycles. The molecule has 0 heterocycles. The van der Waals surface area contributed by atoms with Crippen LogP contribution >= 0.6 is 0 Å². The maximum atomic E-state index is 8.47. The van der Waals surface area contributed by atoms with Crippen LogP contribution in [0.1, 0.15) is 33.6 Å². The van der Waals surface area contributed by atoms with Crippen molar-refractivity contribution in [3.63, 3.8) is 0 Å². The largest absolute Gasteiger partial charge is 0.472 e. The highest BCUT2D eigenvalue weighted by Crippen LogP contribution is 2.05. The highest BCUT2D eigenvalue weighted by atomic mass is 16.9. The van der Waals surface area contributed by atoms with Crippen LogP contribution in [0.3, 0.4) is 0 Å². The number of nitrogens with zero attached hydrogens (tertiary/aromatic N) is 3. The summed E-state index contributed by atoms with van der Waals surface area (Å²) in [6, 6.07) is 0. The summed E-state index contributed by atoms with van der Waals surface area (Å²) in [4.78, 5) is 8.47. The molecule has 0 atom stereocenters. The van der Waals surface area contributed by atoms with Crippen LogP contribution in [0.4, 0.5) is 0 Å². The minimum Gasteiger partial charge on any atom is -0.369 e. The van der Waals surface area contributed by atoms with Gasteiger partial charge in [-0.1, -0.05) is 17.2 Å². The van der Waals surface area contributed by atoms with E-state index < -0.39 is 5.09 Å². The minimum absolute atomic E-state index is 0.0261. The third-order valence-corrected chi connectivity index (χ3v) is 1.69. The fourth-order valence-electron chi connectivity index (χ4n) is 0.932. The smallest absolute Gasteiger partial charge is 0.369 e. The maximum absolute atomic E-state index is 8.47. The third kappa shape index (κ3) is 25.7. The van der Waals surface area contributed by atoms with E-state index in [0.29, 0.717) is 0 Å². The molecular weight excluding hydrogens is 250 g/mol. The Morgan fingerprint density at radius 2 is 1.79 bits per heavy atom. The van der Waals surface area contributed by atoms with E-state index in [2.05, 4.69) is 37.1 Å². The number of allylic oxidation sites excluding steroid dienone is 4. The van der Waals surface area contributed by atoms with E-state index in [4.69, 9.17) is 26.8 Å². The molecule has 8 nitrogen and oxygen atoms in total. The zero-order chi connectivity index (χ0) is 15.3. The molecule has 108 valence electrons. The zero-order valence-corrected chi connectivity index (χ0v) is 11.4. The molecule has 0 fully saturated rings. The first kappa shape index (κ1) is 19.0. The van der Waals surface area contributed by atoms with Crippen molar-refractivity contribution in [2.45, 2.75) is 33.6 Å². The second-order valence-corrected chi connectivity index (χ2v) is 3.88. The molecule has 0 amide bonds. The SMILES string of the molecule is CC(C)=CCC/C(C)=C/C=N/N=C(N)N.O=[N+](O)O. The lowest BCUT2D eigenvalue weighted by molar-refractivity contribution is -0.969. The van der Waals surface area contributed by atoms with Gasteiger partial charge >= 0.3 is 5.09 Å². The quantitative estimate of drug-likeness (QED) is 0.260. The van der Waals surface area contributed by atoms with Gasteiger partial charge in [-0.05, 0) is 39.7 Å². The summed E-state index contributed by atoms with van der Waals surface area (Å²) in [6.07, 6.45) is 7.80. The first-order valence-corrected chi connectivity index (χ1v) is 5.51. The van der Waals surface area contributed by atoms with E-state index >= 15 is 0 Å². The lowest BCUT2D eigenvalue weighted by Crippen LogP contribution is -2.21. The van der Waals surface area contributed by atoms with Gasteiger partial charge < -0.3 is 11.5 Å². The van der Waals surface area contributed by atoms with Crippen molar-refractivity contribution in [2.24, 2.45) is 21.7 Å². The maximum Gasteiger partial charge on any atom is 0.472 e. The van der Waals surface area contributed by atoms with Crippen molar-refractivity contribution in [3.8, 4) is 0 Å². The predicted molar refractivity (Wildman–Crippen MR) is 73.9 cm³/mol. The molecule has 8 heteroatoms. The Bertz CT molecular complexity index is 374. The predicted octanol–water partition coefficient (Wildman–Crippen LogP) is 1.48. The normalized spacial score (nSPS) is 10.4. The molecule has 0 bridgehead atoms. The third-order valence-electron chi connectivity index (χ3n) is 1.69. The van der Waals surface area contributed by atoms with Crippen molar-refractivity contribution < 1.29 is 15.5 Å². The van der Waals surface area contributed by atoms with E-state index in [0.717, 1.165) is 12.8 Å². The van der Waals surface area contributed by atoms with Crippen molar-refractivity contribution >= 4 is 12.2 Å². The van der Waals surface area contributed by atoms with Crippen LogP contribution in [0.25, 0.3) is 0 Å². The van der Waals surface area contributed by atoms with E-state index in [1.165, 1.54) is 11.1 Å². The Morgan fingerprint density at radius 1 is 1.26 bits per heavy atom. The van der Waals surface area contributed by atoms with Gasteiger partial charge in [0.15, 0.2) is 0 Å². The molecule has 0 rings (SSSR count). The van der Waals surface area contributed by atoms with Crippen LogP contribution in [-0.4, -0.2) is 27.7 Å².